The number of methoxy groups -OCH3 is 1. The summed E-state index contributed by atoms with van der Waals surface area (Å²) in [6.45, 7) is 0. The summed E-state index contributed by atoms with van der Waals surface area (Å²) in [6.07, 6.45) is 2.25. The zero-order chi connectivity index (χ0) is 19.1. The Kier molecular flexibility index (Phi) is 4.41. The minimum Gasteiger partial charge on any atom is -0.465 e. The SMILES string of the molecule is COC(=O)c1cc(F)c(NS(=O)(=O)c2ccc3c(c2)CC=C3N)cc1F. The number of ether oxygens (including phenoxy) is 1. The van der Waals surface area contributed by atoms with Crippen molar-refractivity contribution in [3.63, 3.8) is 0 Å². The van der Waals surface area contributed by atoms with Crippen molar-refractivity contribution in [2.75, 3.05) is 11.8 Å². The number of halogens is 2. The van der Waals surface area contributed by atoms with E-state index in [-0.39, 0.29) is 4.90 Å². The molecule has 0 aliphatic heterocycles. The van der Waals surface area contributed by atoms with E-state index in [1.54, 1.807) is 12.1 Å². The number of hydrogen-bond donors (Lipinski definition) is 2. The van der Waals surface area contributed by atoms with Crippen LogP contribution in [0.5, 0.6) is 0 Å². The predicted molar refractivity (Wildman–Crippen MR) is 90.8 cm³/mol. The van der Waals surface area contributed by atoms with Gasteiger partial charge in [-0.25, -0.2) is 22.0 Å². The number of allylic oxidation sites excluding steroid dienone is 1. The van der Waals surface area contributed by atoms with Crippen molar-refractivity contribution in [2.24, 2.45) is 5.73 Å². The Balaban J connectivity index is 1.93. The minimum absolute atomic E-state index is 0.115. The monoisotopic (exact) mass is 380 g/mol. The van der Waals surface area contributed by atoms with Gasteiger partial charge in [0, 0.05) is 17.3 Å². The molecule has 0 aromatic heterocycles. The van der Waals surface area contributed by atoms with Gasteiger partial charge in [-0.2, -0.15) is 0 Å². The molecule has 0 saturated heterocycles. The second-order valence-electron chi connectivity index (χ2n) is 5.59. The lowest BCUT2D eigenvalue weighted by molar-refractivity contribution is 0.0595. The van der Waals surface area contributed by atoms with Crippen LogP contribution in [0.15, 0.2) is 41.3 Å². The van der Waals surface area contributed by atoms with Gasteiger partial charge >= 0.3 is 5.97 Å². The van der Waals surface area contributed by atoms with Gasteiger partial charge in [0.1, 0.15) is 11.6 Å². The van der Waals surface area contributed by atoms with Crippen LogP contribution in [-0.4, -0.2) is 21.5 Å². The summed E-state index contributed by atoms with van der Waals surface area (Å²) >= 11 is 0. The Labute approximate surface area is 148 Å². The smallest absolute Gasteiger partial charge is 0.340 e. The molecule has 0 radical (unpaired) electrons. The van der Waals surface area contributed by atoms with Gasteiger partial charge in [-0.1, -0.05) is 12.1 Å². The van der Waals surface area contributed by atoms with Crippen molar-refractivity contribution >= 4 is 27.4 Å². The van der Waals surface area contributed by atoms with Gasteiger partial charge < -0.3 is 10.5 Å². The zero-order valence-corrected chi connectivity index (χ0v) is 14.4. The van der Waals surface area contributed by atoms with E-state index in [9.17, 15) is 22.0 Å². The fraction of sp³-hybridized carbons (Fsp3) is 0.118. The molecule has 3 N–H and O–H groups in total. The number of benzene rings is 2. The van der Waals surface area contributed by atoms with Crippen LogP contribution >= 0.6 is 0 Å². The van der Waals surface area contributed by atoms with Crippen molar-refractivity contribution < 1.29 is 26.7 Å². The average molecular weight is 380 g/mol. The van der Waals surface area contributed by atoms with E-state index < -0.39 is 38.9 Å². The number of nitrogens with one attached hydrogen (secondary N) is 1. The normalized spacial score (nSPS) is 13.1. The number of carbonyl (C=O) groups is 1. The van der Waals surface area contributed by atoms with Crippen LogP contribution in [0.3, 0.4) is 0 Å². The van der Waals surface area contributed by atoms with Crippen LogP contribution in [0.25, 0.3) is 5.70 Å². The van der Waals surface area contributed by atoms with Crippen LogP contribution in [0.1, 0.15) is 21.5 Å². The molecule has 0 atom stereocenters. The molecule has 6 nitrogen and oxygen atoms in total. The van der Waals surface area contributed by atoms with Gasteiger partial charge in [-0.3, -0.25) is 4.72 Å². The van der Waals surface area contributed by atoms with E-state index in [0.717, 1.165) is 18.2 Å². The summed E-state index contributed by atoms with van der Waals surface area (Å²) < 4.78 is 59.3. The van der Waals surface area contributed by atoms with Crippen LogP contribution in [-0.2, 0) is 21.2 Å². The van der Waals surface area contributed by atoms with Gasteiger partial charge in [0.2, 0.25) is 0 Å². The van der Waals surface area contributed by atoms with Crippen molar-refractivity contribution in [3.8, 4) is 0 Å². The summed E-state index contributed by atoms with van der Waals surface area (Å²) in [5.74, 6) is -3.29. The van der Waals surface area contributed by atoms with Crippen molar-refractivity contribution in [3.05, 3.63) is 64.7 Å². The van der Waals surface area contributed by atoms with Gasteiger partial charge in [0.15, 0.2) is 0 Å². The zero-order valence-electron chi connectivity index (χ0n) is 13.5. The van der Waals surface area contributed by atoms with Gasteiger partial charge in [0.25, 0.3) is 10.0 Å². The number of hydrogen-bond acceptors (Lipinski definition) is 5. The maximum absolute atomic E-state index is 14.1. The predicted octanol–water partition coefficient (Wildman–Crippen LogP) is 2.41. The summed E-state index contributed by atoms with van der Waals surface area (Å²) in [5.41, 5.74) is 6.55. The first-order valence-electron chi connectivity index (χ1n) is 7.42. The Morgan fingerprint density at radius 3 is 2.62 bits per heavy atom. The van der Waals surface area contributed by atoms with E-state index in [1.807, 2.05) is 4.72 Å². The molecule has 1 aliphatic carbocycles. The number of anilines is 1. The highest BCUT2D eigenvalue weighted by Gasteiger charge is 2.22. The van der Waals surface area contributed by atoms with Gasteiger partial charge in [0.05, 0.1) is 23.3 Å². The molecular weight excluding hydrogens is 366 g/mol. The number of fused-ring (bicyclic) bond motifs is 1. The third-order valence-corrected chi connectivity index (χ3v) is 5.31. The van der Waals surface area contributed by atoms with Crippen molar-refractivity contribution in [2.45, 2.75) is 11.3 Å². The average Bonchev–Trinajstić information content (AvgIpc) is 2.97. The second kappa shape index (κ2) is 6.41. The van der Waals surface area contributed by atoms with E-state index in [1.165, 1.54) is 12.1 Å². The lowest BCUT2D eigenvalue weighted by Crippen LogP contribution is -2.15. The number of nitrogens with two attached hydrogens (primary N) is 1. The molecule has 9 heteroatoms. The van der Waals surface area contributed by atoms with Crippen LogP contribution in [0, 0.1) is 11.6 Å². The molecule has 0 spiro atoms. The molecule has 0 fully saturated rings. The molecule has 0 saturated carbocycles. The van der Waals surface area contributed by atoms with E-state index >= 15 is 0 Å². The number of rotatable bonds is 4. The lowest BCUT2D eigenvalue weighted by atomic mass is 10.1. The Morgan fingerprint density at radius 2 is 1.92 bits per heavy atom. The molecule has 0 unspecified atom stereocenters. The van der Waals surface area contributed by atoms with Crippen LogP contribution < -0.4 is 10.5 Å². The van der Waals surface area contributed by atoms with Crippen LogP contribution in [0.2, 0.25) is 0 Å². The van der Waals surface area contributed by atoms with E-state index in [2.05, 4.69) is 4.74 Å². The molecule has 1 aliphatic rings. The highest BCUT2D eigenvalue weighted by molar-refractivity contribution is 7.92. The maximum Gasteiger partial charge on any atom is 0.340 e. The van der Waals surface area contributed by atoms with Crippen molar-refractivity contribution in [1.29, 1.82) is 0 Å². The summed E-state index contributed by atoms with van der Waals surface area (Å²) in [7, 11) is -3.15. The molecule has 2 aromatic rings. The minimum atomic E-state index is -4.17. The first-order valence-corrected chi connectivity index (χ1v) is 8.90. The highest BCUT2D eigenvalue weighted by atomic mass is 32.2. The Morgan fingerprint density at radius 1 is 1.19 bits per heavy atom. The largest absolute Gasteiger partial charge is 0.465 e. The fourth-order valence-corrected chi connectivity index (χ4v) is 3.72. The molecule has 0 heterocycles. The van der Waals surface area contributed by atoms with Gasteiger partial charge in [-0.05, 0) is 30.2 Å². The molecule has 0 bridgehead atoms. The third kappa shape index (κ3) is 3.13. The Hall–Kier alpha value is -2.94. The highest BCUT2D eigenvalue weighted by Crippen LogP contribution is 2.28. The third-order valence-electron chi connectivity index (χ3n) is 3.95. The first kappa shape index (κ1) is 17.9. The fourth-order valence-electron chi connectivity index (χ4n) is 2.61. The summed E-state index contributed by atoms with van der Waals surface area (Å²) in [6, 6.07) is 5.47. The first-order chi connectivity index (χ1) is 12.2. The van der Waals surface area contributed by atoms with Gasteiger partial charge in [-0.15, -0.1) is 0 Å². The summed E-state index contributed by atoms with van der Waals surface area (Å²) in [4.78, 5) is 11.2. The maximum atomic E-state index is 14.1. The molecule has 136 valence electrons. The van der Waals surface area contributed by atoms with E-state index in [0.29, 0.717) is 24.3 Å². The summed E-state index contributed by atoms with van der Waals surface area (Å²) in [5, 5.41) is 0. The molecule has 3 rings (SSSR count). The standard InChI is InChI=1S/C17H14F2N2O4S/c1-25-17(22)12-7-14(19)16(8-13(12)18)21-26(23,24)10-3-4-11-9(6-10)2-5-15(11)20/h3-8,21H,2,20H2,1H3. The van der Waals surface area contributed by atoms with Crippen LogP contribution in [0.4, 0.5) is 14.5 Å². The Bertz CT molecular complexity index is 1050. The number of esters is 1. The molecule has 0 amide bonds. The van der Waals surface area contributed by atoms with E-state index in [4.69, 9.17) is 5.73 Å². The topological polar surface area (TPSA) is 98.5 Å². The lowest BCUT2D eigenvalue weighted by Gasteiger charge is -2.12. The molecule has 26 heavy (non-hydrogen) atoms. The number of carbonyl (C=O) groups excluding carboxylic acids is 1. The molecular formula is C17H14F2N2O4S. The number of sulfonamides is 1. The molecule has 2 aromatic carbocycles. The quantitative estimate of drug-likeness (QED) is 0.794. The van der Waals surface area contributed by atoms with Crippen molar-refractivity contribution in [1.82, 2.24) is 0 Å². The second-order valence-corrected chi connectivity index (χ2v) is 7.27.